The van der Waals surface area contributed by atoms with Crippen LogP contribution in [0.3, 0.4) is 0 Å². The maximum atomic E-state index is 12.5. The highest BCUT2D eigenvalue weighted by Crippen LogP contribution is 2.39. The van der Waals surface area contributed by atoms with Gasteiger partial charge in [-0.2, -0.15) is 26.3 Å². The maximum absolute atomic E-state index is 12.5. The predicted octanol–water partition coefficient (Wildman–Crippen LogP) is 3.53. The molecule has 1 unspecified atom stereocenters. The molecule has 0 heterocycles. The third-order valence-corrected chi connectivity index (χ3v) is 2.19. The third kappa shape index (κ3) is 3.12. The van der Waals surface area contributed by atoms with Gasteiger partial charge in [0, 0.05) is 0 Å². The Morgan fingerprint density at radius 1 is 1.00 bits per heavy atom. The van der Waals surface area contributed by atoms with Gasteiger partial charge >= 0.3 is 12.4 Å². The minimum absolute atomic E-state index is 0.630. The van der Waals surface area contributed by atoms with E-state index in [1.165, 1.54) is 0 Å². The van der Waals surface area contributed by atoms with Gasteiger partial charge in [-0.25, -0.2) is 0 Å². The van der Waals surface area contributed by atoms with Gasteiger partial charge in [-0.15, -0.1) is 0 Å². The van der Waals surface area contributed by atoms with Crippen molar-refractivity contribution in [2.45, 2.75) is 18.4 Å². The minimum Gasteiger partial charge on any atom is -0.306 e. The lowest BCUT2D eigenvalue weighted by atomic mass is 9.99. The second kappa shape index (κ2) is 4.56. The van der Waals surface area contributed by atoms with Gasteiger partial charge in [0.25, 0.3) is 0 Å². The van der Waals surface area contributed by atoms with E-state index in [1.807, 2.05) is 5.32 Å². The molecule has 1 rings (SSSR count). The molecule has 17 heavy (non-hydrogen) atoms. The summed E-state index contributed by atoms with van der Waals surface area (Å²) in [7, 11) is 0.964. The highest BCUT2D eigenvalue weighted by molar-refractivity contribution is 5.33. The number of halogens is 6. The lowest BCUT2D eigenvalue weighted by Gasteiger charge is -2.23. The maximum Gasteiger partial charge on any atom is 0.416 e. The Bertz CT molecular complexity index is 381. The summed E-state index contributed by atoms with van der Waals surface area (Å²) in [5.41, 5.74) is -2.10. The summed E-state index contributed by atoms with van der Waals surface area (Å²) < 4.78 is 75.2. The van der Waals surface area contributed by atoms with Crippen LogP contribution in [0.1, 0.15) is 17.2 Å². The molecule has 1 atom stereocenters. The topological polar surface area (TPSA) is 12.0 Å². The molecule has 0 aromatic heterocycles. The van der Waals surface area contributed by atoms with Crippen LogP contribution in [0.4, 0.5) is 26.3 Å². The van der Waals surface area contributed by atoms with Crippen molar-refractivity contribution in [3.05, 3.63) is 35.4 Å². The predicted molar refractivity (Wildman–Crippen MR) is 49.3 cm³/mol. The Labute approximate surface area is 93.4 Å². The van der Waals surface area contributed by atoms with Crippen molar-refractivity contribution in [3.8, 4) is 0 Å². The first-order chi connectivity index (χ1) is 7.68. The fourth-order valence-electron chi connectivity index (χ4n) is 1.50. The van der Waals surface area contributed by atoms with Gasteiger partial charge in [0.15, 0.2) is 0 Å². The standard InChI is InChI=1S/C10H9F6N/c1-17-8(10(14,15)16)6-4-2-3-5-7(6)9(11,12)13/h2-5,8,17H,1H3. The van der Waals surface area contributed by atoms with Crippen molar-refractivity contribution in [3.63, 3.8) is 0 Å². The summed E-state index contributed by atoms with van der Waals surface area (Å²) >= 11 is 0. The van der Waals surface area contributed by atoms with E-state index in [2.05, 4.69) is 0 Å². The van der Waals surface area contributed by atoms with Gasteiger partial charge in [-0.1, -0.05) is 18.2 Å². The monoisotopic (exact) mass is 257 g/mol. The highest BCUT2D eigenvalue weighted by atomic mass is 19.4. The SMILES string of the molecule is CNC(c1ccccc1C(F)(F)F)C(F)(F)F. The molecule has 0 spiro atoms. The second-order valence-electron chi connectivity index (χ2n) is 3.35. The first kappa shape index (κ1) is 13.8. The molecule has 0 saturated carbocycles. The Balaban J connectivity index is 3.30. The zero-order valence-corrected chi connectivity index (χ0v) is 8.65. The van der Waals surface area contributed by atoms with Crippen LogP contribution in [0.2, 0.25) is 0 Å². The summed E-state index contributed by atoms with van der Waals surface area (Å²) in [6.07, 6.45) is -9.59. The smallest absolute Gasteiger partial charge is 0.306 e. The summed E-state index contributed by atoms with van der Waals surface area (Å²) in [6, 6.07) is 1.30. The number of nitrogens with one attached hydrogen (secondary N) is 1. The van der Waals surface area contributed by atoms with Crippen LogP contribution in [0.5, 0.6) is 0 Å². The molecule has 0 amide bonds. The molecule has 0 aliphatic rings. The van der Waals surface area contributed by atoms with Crippen LogP contribution in [-0.4, -0.2) is 13.2 Å². The molecule has 0 radical (unpaired) electrons. The second-order valence-corrected chi connectivity index (χ2v) is 3.35. The molecule has 0 fully saturated rings. The Kier molecular flexibility index (Phi) is 3.71. The van der Waals surface area contributed by atoms with Crippen LogP contribution in [0.15, 0.2) is 24.3 Å². The van der Waals surface area contributed by atoms with Crippen molar-refractivity contribution in [1.29, 1.82) is 0 Å². The minimum atomic E-state index is -4.81. The molecule has 1 N–H and O–H groups in total. The number of benzene rings is 1. The average molecular weight is 257 g/mol. The summed E-state index contributed by atoms with van der Waals surface area (Å²) in [5.74, 6) is 0. The van der Waals surface area contributed by atoms with Crippen molar-refractivity contribution in [2.24, 2.45) is 0 Å². The molecular formula is C10H9F6N. The van der Waals surface area contributed by atoms with E-state index < -0.39 is 29.5 Å². The van der Waals surface area contributed by atoms with Crippen LogP contribution in [-0.2, 0) is 6.18 Å². The van der Waals surface area contributed by atoms with Gasteiger partial charge in [0.2, 0.25) is 0 Å². The Morgan fingerprint density at radius 3 is 1.94 bits per heavy atom. The molecule has 0 aliphatic carbocycles. The van der Waals surface area contributed by atoms with Crippen LogP contribution in [0, 0.1) is 0 Å². The number of rotatable bonds is 2. The molecule has 7 heteroatoms. The molecule has 0 aliphatic heterocycles. The van der Waals surface area contributed by atoms with Crippen LogP contribution < -0.4 is 5.32 Å². The molecule has 96 valence electrons. The molecule has 0 saturated heterocycles. The van der Waals surface area contributed by atoms with Crippen molar-refractivity contribution in [1.82, 2.24) is 5.32 Å². The van der Waals surface area contributed by atoms with Gasteiger partial charge in [-0.3, -0.25) is 0 Å². The fraction of sp³-hybridized carbons (Fsp3) is 0.400. The number of alkyl halides is 6. The van der Waals surface area contributed by atoms with Gasteiger partial charge < -0.3 is 5.32 Å². The molecule has 1 nitrogen and oxygen atoms in total. The summed E-state index contributed by atoms with van der Waals surface area (Å²) in [4.78, 5) is 0. The highest BCUT2D eigenvalue weighted by Gasteiger charge is 2.44. The van der Waals surface area contributed by atoms with Crippen molar-refractivity contribution in [2.75, 3.05) is 7.05 Å². The zero-order valence-electron chi connectivity index (χ0n) is 8.65. The number of hydrogen-bond donors (Lipinski definition) is 1. The molecule has 1 aromatic carbocycles. The zero-order chi connectivity index (χ0) is 13.3. The van der Waals surface area contributed by atoms with Gasteiger partial charge in [0.05, 0.1) is 5.56 Å². The number of hydrogen-bond acceptors (Lipinski definition) is 1. The fourth-order valence-corrected chi connectivity index (χ4v) is 1.50. The normalized spacial score (nSPS) is 14.8. The summed E-state index contributed by atoms with van der Waals surface area (Å²) in [5, 5.41) is 1.85. The lowest BCUT2D eigenvalue weighted by Crippen LogP contribution is -2.33. The van der Waals surface area contributed by atoms with E-state index in [9.17, 15) is 26.3 Å². The largest absolute Gasteiger partial charge is 0.416 e. The van der Waals surface area contributed by atoms with Crippen LogP contribution in [0.25, 0.3) is 0 Å². The first-order valence-electron chi connectivity index (χ1n) is 4.58. The van der Waals surface area contributed by atoms with E-state index >= 15 is 0 Å². The average Bonchev–Trinajstić information content (AvgIpc) is 2.15. The Hall–Kier alpha value is -1.24. The van der Waals surface area contributed by atoms with Crippen LogP contribution >= 0.6 is 0 Å². The van der Waals surface area contributed by atoms with Crippen molar-refractivity contribution >= 4 is 0 Å². The lowest BCUT2D eigenvalue weighted by molar-refractivity contribution is -0.161. The molecule has 0 bridgehead atoms. The first-order valence-corrected chi connectivity index (χ1v) is 4.58. The molecule has 1 aromatic rings. The van der Waals surface area contributed by atoms with E-state index in [-0.39, 0.29) is 0 Å². The van der Waals surface area contributed by atoms with Gasteiger partial charge in [0.1, 0.15) is 6.04 Å². The van der Waals surface area contributed by atoms with E-state index in [0.29, 0.717) is 6.07 Å². The quantitative estimate of drug-likeness (QED) is 0.799. The van der Waals surface area contributed by atoms with Crippen molar-refractivity contribution < 1.29 is 26.3 Å². The molecular weight excluding hydrogens is 248 g/mol. The van der Waals surface area contributed by atoms with E-state index in [0.717, 1.165) is 25.2 Å². The van der Waals surface area contributed by atoms with Gasteiger partial charge in [-0.05, 0) is 18.7 Å². The summed E-state index contributed by atoms with van der Waals surface area (Å²) in [6.45, 7) is 0. The van der Waals surface area contributed by atoms with E-state index in [4.69, 9.17) is 0 Å². The third-order valence-electron chi connectivity index (χ3n) is 2.19. The Morgan fingerprint density at radius 2 is 1.53 bits per heavy atom. The van der Waals surface area contributed by atoms with E-state index in [1.54, 1.807) is 0 Å².